The molecule has 0 aliphatic rings. The number of nitrogen functional groups attached to an aromatic ring is 1. The zero-order valence-electron chi connectivity index (χ0n) is 12.3. The van der Waals surface area contributed by atoms with Crippen LogP contribution in [0.5, 0.6) is 5.75 Å². The summed E-state index contributed by atoms with van der Waals surface area (Å²) in [5.41, 5.74) is 5.97. The third kappa shape index (κ3) is 5.88. The van der Waals surface area contributed by atoms with Gasteiger partial charge < -0.3 is 19.9 Å². The standard InChI is InChI=1S/C13H22N2O5S/c1-15-21(16,17)13-10-11(14)4-5-12(13)20-9-8-19-7-3-6-18-2/h4-5,10,15H,3,6-9,14H2,1-2H3. The number of anilines is 1. The number of ether oxygens (including phenoxy) is 3. The van der Waals surface area contributed by atoms with Crippen molar-refractivity contribution in [1.82, 2.24) is 4.72 Å². The molecule has 0 saturated carbocycles. The number of benzene rings is 1. The van der Waals surface area contributed by atoms with Crippen LogP contribution in [0.15, 0.2) is 23.1 Å². The van der Waals surface area contributed by atoms with Crippen molar-refractivity contribution < 1.29 is 22.6 Å². The molecule has 3 N–H and O–H groups in total. The zero-order chi connectivity index (χ0) is 15.7. The molecule has 0 heterocycles. The number of nitrogens with one attached hydrogen (secondary N) is 1. The molecule has 0 unspecified atom stereocenters. The maximum Gasteiger partial charge on any atom is 0.244 e. The number of methoxy groups -OCH3 is 1. The molecular weight excluding hydrogens is 296 g/mol. The van der Waals surface area contributed by atoms with Gasteiger partial charge in [-0.05, 0) is 31.7 Å². The van der Waals surface area contributed by atoms with Crippen molar-refractivity contribution in [1.29, 1.82) is 0 Å². The second-order valence-electron chi connectivity index (χ2n) is 4.22. The SMILES string of the molecule is CNS(=O)(=O)c1cc(N)ccc1OCCOCCCOC. The first-order chi connectivity index (χ1) is 10.0. The maximum atomic E-state index is 11.9. The highest BCUT2D eigenvalue weighted by atomic mass is 32.2. The smallest absolute Gasteiger partial charge is 0.244 e. The lowest BCUT2D eigenvalue weighted by atomic mass is 10.3. The lowest BCUT2D eigenvalue weighted by molar-refractivity contribution is 0.0799. The molecule has 0 saturated heterocycles. The normalized spacial score (nSPS) is 11.5. The highest BCUT2D eigenvalue weighted by Gasteiger charge is 2.18. The first-order valence-electron chi connectivity index (χ1n) is 6.54. The summed E-state index contributed by atoms with van der Waals surface area (Å²) in [5.74, 6) is 0.249. The van der Waals surface area contributed by atoms with Gasteiger partial charge >= 0.3 is 0 Å². The lowest BCUT2D eigenvalue weighted by Crippen LogP contribution is -2.20. The summed E-state index contributed by atoms with van der Waals surface area (Å²) in [6.07, 6.45) is 0.803. The van der Waals surface area contributed by atoms with Gasteiger partial charge in [-0.15, -0.1) is 0 Å². The molecule has 0 aromatic heterocycles. The number of nitrogens with two attached hydrogens (primary N) is 1. The van der Waals surface area contributed by atoms with Gasteiger partial charge in [-0.1, -0.05) is 0 Å². The van der Waals surface area contributed by atoms with E-state index in [1.165, 1.54) is 19.2 Å². The molecule has 21 heavy (non-hydrogen) atoms. The largest absolute Gasteiger partial charge is 0.490 e. The molecule has 0 bridgehead atoms. The third-order valence-corrected chi connectivity index (χ3v) is 4.08. The van der Waals surface area contributed by atoms with E-state index >= 15 is 0 Å². The predicted octanol–water partition coefficient (Wildman–Crippen LogP) is 0.609. The Morgan fingerprint density at radius 1 is 1.19 bits per heavy atom. The van der Waals surface area contributed by atoms with Gasteiger partial charge in [0.25, 0.3) is 0 Å². The van der Waals surface area contributed by atoms with E-state index in [0.29, 0.717) is 25.5 Å². The highest BCUT2D eigenvalue weighted by Crippen LogP contribution is 2.25. The van der Waals surface area contributed by atoms with Crippen LogP contribution < -0.4 is 15.2 Å². The second kappa shape index (κ2) is 8.83. The molecule has 0 radical (unpaired) electrons. The minimum Gasteiger partial charge on any atom is -0.490 e. The maximum absolute atomic E-state index is 11.9. The summed E-state index contributed by atoms with van der Waals surface area (Å²) in [7, 11) is -0.651. The fraction of sp³-hybridized carbons (Fsp3) is 0.538. The van der Waals surface area contributed by atoms with Gasteiger partial charge in [0.15, 0.2) is 0 Å². The van der Waals surface area contributed by atoms with E-state index in [9.17, 15) is 8.42 Å². The molecule has 1 aromatic rings. The van der Waals surface area contributed by atoms with Crippen LogP contribution in [-0.2, 0) is 19.5 Å². The molecule has 0 atom stereocenters. The highest BCUT2D eigenvalue weighted by molar-refractivity contribution is 7.89. The summed E-state index contributed by atoms with van der Waals surface area (Å²) in [6.45, 7) is 1.83. The van der Waals surface area contributed by atoms with Crippen LogP contribution in [0.4, 0.5) is 5.69 Å². The summed E-state index contributed by atoms with van der Waals surface area (Å²) in [4.78, 5) is 0.0179. The quantitative estimate of drug-likeness (QED) is 0.484. The van der Waals surface area contributed by atoms with Gasteiger partial charge in [0.2, 0.25) is 10.0 Å². The topological polar surface area (TPSA) is 99.9 Å². The van der Waals surface area contributed by atoms with Gasteiger partial charge in [0, 0.05) is 26.0 Å². The average Bonchev–Trinajstić information content (AvgIpc) is 2.47. The number of sulfonamides is 1. The fourth-order valence-corrected chi connectivity index (χ4v) is 2.48. The second-order valence-corrected chi connectivity index (χ2v) is 6.08. The number of rotatable bonds is 10. The van der Waals surface area contributed by atoms with E-state index in [1.807, 2.05) is 0 Å². The summed E-state index contributed by atoms with van der Waals surface area (Å²) >= 11 is 0. The van der Waals surface area contributed by atoms with E-state index in [-0.39, 0.29) is 17.3 Å². The van der Waals surface area contributed by atoms with Crippen LogP contribution in [0.25, 0.3) is 0 Å². The number of hydrogen-bond donors (Lipinski definition) is 2. The van der Waals surface area contributed by atoms with Crippen LogP contribution in [-0.4, -0.2) is 49.0 Å². The monoisotopic (exact) mass is 318 g/mol. The fourth-order valence-electron chi connectivity index (χ4n) is 1.58. The van der Waals surface area contributed by atoms with Gasteiger partial charge in [0.05, 0.1) is 6.61 Å². The Morgan fingerprint density at radius 3 is 2.62 bits per heavy atom. The molecule has 1 aromatic carbocycles. The van der Waals surface area contributed by atoms with Crippen LogP contribution in [0.3, 0.4) is 0 Å². The van der Waals surface area contributed by atoms with Crippen molar-refractivity contribution in [3.05, 3.63) is 18.2 Å². The molecular formula is C13H22N2O5S. The molecule has 0 spiro atoms. The summed E-state index contributed by atoms with van der Waals surface area (Å²) in [6, 6.07) is 4.48. The van der Waals surface area contributed by atoms with Crippen molar-refractivity contribution in [3.8, 4) is 5.75 Å². The Balaban J connectivity index is 2.55. The van der Waals surface area contributed by atoms with Crippen molar-refractivity contribution >= 4 is 15.7 Å². The molecule has 0 aliphatic carbocycles. The van der Waals surface area contributed by atoms with Gasteiger partial charge in [0.1, 0.15) is 17.3 Å². The molecule has 7 nitrogen and oxygen atoms in total. The Labute approximate surface area is 125 Å². The van der Waals surface area contributed by atoms with E-state index < -0.39 is 10.0 Å². The Hall–Kier alpha value is -1.35. The van der Waals surface area contributed by atoms with E-state index in [0.717, 1.165) is 6.42 Å². The van der Waals surface area contributed by atoms with Gasteiger partial charge in [-0.2, -0.15) is 0 Å². The lowest BCUT2D eigenvalue weighted by Gasteiger charge is -2.12. The van der Waals surface area contributed by atoms with Crippen LogP contribution in [0, 0.1) is 0 Å². The zero-order valence-corrected chi connectivity index (χ0v) is 13.1. The van der Waals surface area contributed by atoms with Crippen LogP contribution >= 0.6 is 0 Å². The van der Waals surface area contributed by atoms with Crippen LogP contribution in [0.2, 0.25) is 0 Å². The molecule has 1 rings (SSSR count). The first-order valence-corrected chi connectivity index (χ1v) is 8.02. The molecule has 8 heteroatoms. The number of hydrogen-bond acceptors (Lipinski definition) is 6. The summed E-state index contributed by atoms with van der Waals surface area (Å²) < 4.78 is 41.7. The Kier molecular flexibility index (Phi) is 7.44. The van der Waals surface area contributed by atoms with Crippen molar-refractivity contribution in [2.75, 3.05) is 46.3 Å². The van der Waals surface area contributed by atoms with Gasteiger partial charge in [-0.25, -0.2) is 13.1 Å². The first kappa shape index (κ1) is 17.7. The van der Waals surface area contributed by atoms with Gasteiger partial charge in [-0.3, -0.25) is 0 Å². The predicted molar refractivity (Wildman–Crippen MR) is 79.9 cm³/mol. The van der Waals surface area contributed by atoms with E-state index in [4.69, 9.17) is 19.9 Å². The minimum absolute atomic E-state index is 0.0179. The molecule has 0 aliphatic heterocycles. The Bertz CT molecular complexity index is 533. The van der Waals surface area contributed by atoms with Crippen LogP contribution in [0.1, 0.15) is 6.42 Å². The van der Waals surface area contributed by atoms with Crippen molar-refractivity contribution in [2.45, 2.75) is 11.3 Å². The molecule has 0 fully saturated rings. The molecule has 120 valence electrons. The average molecular weight is 318 g/mol. The molecule has 0 amide bonds. The van der Waals surface area contributed by atoms with E-state index in [1.54, 1.807) is 13.2 Å². The summed E-state index contributed by atoms with van der Waals surface area (Å²) in [5, 5.41) is 0. The third-order valence-electron chi connectivity index (χ3n) is 2.65. The van der Waals surface area contributed by atoms with Crippen molar-refractivity contribution in [2.24, 2.45) is 0 Å². The Morgan fingerprint density at radius 2 is 1.95 bits per heavy atom. The van der Waals surface area contributed by atoms with E-state index in [2.05, 4.69) is 4.72 Å². The minimum atomic E-state index is -3.62. The van der Waals surface area contributed by atoms with Crippen molar-refractivity contribution in [3.63, 3.8) is 0 Å².